The van der Waals surface area contributed by atoms with Gasteiger partial charge in [0.2, 0.25) is 0 Å². The van der Waals surface area contributed by atoms with E-state index in [4.69, 9.17) is 15.0 Å². The van der Waals surface area contributed by atoms with Crippen LogP contribution in [0.15, 0.2) is 36.9 Å². The van der Waals surface area contributed by atoms with Crippen molar-refractivity contribution in [3.63, 3.8) is 0 Å². The summed E-state index contributed by atoms with van der Waals surface area (Å²) in [6.07, 6.45) is 14.6. The number of nitrogens with two attached hydrogens (primary N) is 1. The van der Waals surface area contributed by atoms with Gasteiger partial charge in [-0.2, -0.15) is 11.8 Å². The van der Waals surface area contributed by atoms with Crippen LogP contribution in [0.4, 0.5) is 5.82 Å². The van der Waals surface area contributed by atoms with Crippen molar-refractivity contribution in [1.82, 2.24) is 19.5 Å². The summed E-state index contributed by atoms with van der Waals surface area (Å²) in [5.74, 6) is 2.37. The number of benzene rings is 1. The molecule has 0 bridgehead atoms. The second-order valence-corrected chi connectivity index (χ2v) is 15.4. The highest BCUT2D eigenvalue weighted by atomic mass is 32.2. The highest BCUT2D eigenvalue weighted by Gasteiger charge is 2.21. The van der Waals surface area contributed by atoms with Crippen molar-refractivity contribution in [2.24, 2.45) is 0 Å². The Hall–Kier alpha value is -1.97. The van der Waals surface area contributed by atoms with Crippen LogP contribution < -0.4 is 5.73 Å². The van der Waals surface area contributed by atoms with Gasteiger partial charge in [-0.1, -0.05) is 83.6 Å². The number of hydrogen-bond donors (Lipinski definition) is 2. The Kier molecular flexibility index (Phi) is 15.0. The number of hydrogen-bond acceptors (Lipinski definition) is 8. The Bertz CT molecular complexity index is 1260. The molecule has 0 radical (unpaired) electrons. The summed E-state index contributed by atoms with van der Waals surface area (Å²) < 4.78 is 25.0. The third-order valence-corrected chi connectivity index (χ3v) is 9.67. The molecule has 0 saturated heterocycles. The van der Waals surface area contributed by atoms with Gasteiger partial charge in [0.05, 0.1) is 25.6 Å². The molecule has 0 fully saturated rings. The molecule has 2 atom stereocenters. The van der Waals surface area contributed by atoms with E-state index in [0.29, 0.717) is 23.5 Å². The number of aryl methyl sites for hydroxylation is 1. The van der Waals surface area contributed by atoms with Gasteiger partial charge in [-0.05, 0) is 60.7 Å². The number of ether oxygens (including phenoxy) is 1. The van der Waals surface area contributed by atoms with E-state index in [1.165, 1.54) is 75.2 Å². The van der Waals surface area contributed by atoms with Crippen LogP contribution in [0.2, 0.25) is 0 Å². The third kappa shape index (κ3) is 13.3. The van der Waals surface area contributed by atoms with E-state index in [0.717, 1.165) is 17.9 Å². The second-order valence-electron chi connectivity index (χ2n) is 12.4. The van der Waals surface area contributed by atoms with Gasteiger partial charge >= 0.3 is 7.60 Å². The zero-order valence-corrected chi connectivity index (χ0v) is 28.3. The van der Waals surface area contributed by atoms with Gasteiger partial charge in [0.1, 0.15) is 18.2 Å². The average molecular weight is 634 g/mol. The van der Waals surface area contributed by atoms with Crippen molar-refractivity contribution in [3.05, 3.63) is 48.0 Å². The quantitative estimate of drug-likeness (QED) is 0.0894. The number of thioether (sulfide) groups is 1. The number of aromatic nitrogens is 4. The summed E-state index contributed by atoms with van der Waals surface area (Å²) in [5.41, 5.74) is 10.0. The van der Waals surface area contributed by atoms with Crippen LogP contribution in [0.3, 0.4) is 0 Å². The average Bonchev–Trinajstić information content (AvgIpc) is 3.37. The van der Waals surface area contributed by atoms with Crippen LogP contribution in [-0.2, 0) is 32.2 Å². The van der Waals surface area contributed by atoms with E-state index < -0.39 is 7.60 Å². The molecule has 240 valence electrons. The zero-order chi connectivity index (χ0) is 31.1. The highest BCUT2D eigenvalue weighted by molar-refractivity contribution is 7.99. The Morgan fingerprint density at radius 1 is 0.953 bits per heavy atom. The van der Waals surface area contributed by atoms with Crippen molar-refractivity contribution in [1.29, 1.82) is 0 Å². The molecule has 43 heavy (non-hydrogen) atoms. The zero-order valence-electron chi connectivity index (χ0n) is 26.5. The maximum Gasteiger partial charge on any atom is 0.353 e. The van der Waals surface area contributed by atoms with Gasteiger partial charge in [0.25, 0.3) is 0 Å². The molecule has 0 saturated carbocycles. The van der Waals surface area contributed by atoms with Gasteiger partial charge in [-0.25, -0.2) is 15.0 Å². The van der Waals surface area contributed by atoms with Crippen molar-refractivity contribution >= 4 is 36.3 Å². The summed E-state index contributed by atoms with van der Waals surface area (Å²) in [6.45, 7) is 9.28. The molecular weight excluding hydrogens is 581 g/mol. The van der Waals surface area contributed by atoms with Crippen LogP contribution in [0, 0.1) is 0 Å². The molecule has 0 spiro atoms. The number of anilines is 1. The SMILES string of the molecule is C[C@H](Cn1cnc2c(N)ncnc21)OCP(=O)(O)OCCCSCCCCCCCCCCc1ccc(C(C)(C)C)cc1. The van der Waals surface area contributed by atoms with Crippen molar-refractivity contribution in [2.75, 3.05) is 30.2 Å². The summed E-state index contributed by atoms with van der Waals surface area (Å²) in [5, 5.41) is 0. The maximum absolute atomic E-state index is 12.3. The minimum atomic E-state index is -3.80. The summed E-state index contributed by atoms with van der Waals surface area (Å²) >= 11 is 1.89. The number of unbranched alkanes of at least 4 members (excludes halogenated alkanes) is 7. The number of fused-ring (bicyclic) bond motifs is 1. The fraction of sp³-hybridized carbons (Fsp3) is 0.656. The molecule has 3 aromatic rings. The Labute approximate surface area is 262 Å². The predicted molar refractivity (Wildman–Crippen MR) is 179 cm³/mol. The van der Waals surface area contributed by atoms with E-state index in [-0.39, 0.29) is 24.5 Å². The lowest BCUT2D eigenvalue weighted by Crippen LogP contribution is -2.17. The molecule has 2 heterocycles. The molecule has 1 unspecified atom stereocenters. The largest absolute Gasteiger partial charge is 0.382 e. The van der Waals surface area contributed by atoms with Crippen LogP contribution in [0.5, 0.6) is 0 Å². The number of rotatable bonds is 21. The standard InChI is InChI=1S/C32H52N5O4PS/c1-26(22-37-24-36-29-30(33)34-23-35-31(29)37)40-25-42(38,39)41-19-13-21-43-20-12-10-8-6-5-7-9-11-14-27-15-17-28(18-16-27)32(2,3)4/h15-18,23-24,26H,5-14,19-22,25H2,1-4H3,(H,38,39)(H2,33,34,35)/t26-/m1/s1. The lowest BCUT2D eigenvalue weighted by Gasteiger charge is -2.19. The molecule has 11 heteroatoms. The molecule has 0 amide bonds. The topological polar surface area (TPSA) is 125 Å². The Balaban J connectivity index is 1.11. The molecule has 9 nitrogen and oxygen atoms in total. The molecule has 3 rings (SSSR count). The fourth-order valence-electron chi connectivity index (χ4n) is 4.86. The Morgan fingerprint density at radius 3 is 2.30 bits per heavy atom. The monoisotopic (exact) mass is 633 g/mol. The van der Waals surface area contributed by atoms with Gasteiger partial charge in [-0.3, -0.25) is 4.57 Å². The number of nitrogen functional groups attached to an aromatic ring is 1. The van der Waals surface area contributed by atoms with Crippen molar-refractivity contribution in [3.8, 4) is 0 Å². The number of imidazole rings is 1. The molecule has 0 aliphatic rings. The van der Waals surface area contributed by atoms with Crippen molar-refractivity contribution in [2.45, 2.75) is 110 Å². The smallest absolute Gasteiger partial charge is 0.353 e. The molecule has 3 N–H and O–H groups in total. The van der Waals surface area contributed by atoms with Gasteiger partial charge in [0, 0.05) is 0 Å². The lowest BCUT2D eigenvalue weighted by atomic mass is 9.86. The summed E-state index contributed by atoms with van der Waals surface area (Å²) in [6, 6.07) is 9.17. The van der Waals surface area contributed by atoms with Crippen LogP contribution in [-0.4, -0.2) is 55.0 Å². The first kappa shape index (κ1) is 35.5. The van der Waals surface area contributed by atoms with Gasteiger partial charge in [-0.15, -0.1) is 0 Å². The molecule has 1 aromatic carbocycles. The van der Waals surface area contributed by atoms with Gasteiger partial charge < -0.3 is 24.5 Å². The van der Waals surface area contributed by atoms with Crippen LogP contribution in [0.25, 0.3) is 11.2 Å². The minimum absolute atomic E-state index is 0.226. The van der Waals surface area contributed by atoms with Crippen molar-refractivity contribution < 1.29 is 18.7 Å². The van der Waals surface area contributed by atoms with E-state index in [1.54, 1.807) is 10.9 Å². The molecular formula is C32H52N5O4PS. The minimum Gasteiger partial charge on any atom is -0.382 e. The first-order valence-electron chi connectivity index (χ1n) is 15.7. The molecule has 0 aliphatic heterocycles. The number of nitrogens with zero attached hydrogens (tertiary/aromatic N) is 4. The van der Waals surface area contributed by atoms with E-state index in [9.17, 15) is 9.46 Å². The van der Waals surface area contributed by atoms with E-state index in [1.807, 2.05) is 18.7 Å². The summed E-state index contributed by atoms with van der Waals surface area (Å²) in [7, 11) is -3.80. The normalized spacial score (nSPS) is 14.3. The predicted octanol–water partition coefficient (Wildman–Crippen LogP) is 7.76. The van der Waals surface area contributed by atoms with E-state index in [2.05, 4.69) is 60.0 Å². The van der Waals surface area contributed by atoms with Crippen LogP contribution in [0.1, 0.15) is 96.6 Å². The first-order chi connectivity index (χ1) is 20.5. The maximum atomic E-state index is 12.3. The van der Waals surface area contributed by atoms with E-state index >= 15 is 0 Å². The molecule has 0 aliphatic carbocycles. The summed E-state index contributed by atoms with van der Waals surface area (Å²) in [4.78, 5) is 22.5. The van der Waals surface area contributed by atoms with Gasteiger partial charge in [0.15, 0.2) is 11.5 Å². The Morgan fingerprint density at radius 2 is 1.60 bits per heavy atom. The second kappa shape index (κ2) is 18.1. The highest BCUT2D eigenvalue weighted by Crippen LogP contribution is 2.42. The third-order valence-electron chi connectivity index (χ3n) is 7.46. The first-order valence-corrected chi connectivity index (χ1v) is 18.6. The van der Waals surface area contributed by atoms with Crippen LogP contribution >= 0.6 is 19.4 Å². The molecule has 2 aromatic heterocycles. The fourth-order valence-corrected chi connectivity index (χ4v) is 6.72. The lowest BCUT2D eigenvalue weighted by molar-refractivity contribution is 0.0718.